The predicted octanol–water partition coefficient (Wildman–Crippen LogP) is 2.04. The van der Waals surface area contributed by atoms with E-state index < -0.39 is 0 Å². The van der Waals surface area contributed by atoms with Gasteiger partial charge in [0, 0.05) is 18.7 Å². The molecule has 0 unspecified atom stereocenters. The second kappa shape index (κ2) is 6.65. The molecule has 0 spiro atoms. The first-order valence-electron chi connectivity index (χ1n) is 6.11. The number of likely N-dealkylation sites (N-methyl/N-ethyl adjacent to an activating group) is 2. The molecular weight excluding hydrogens is 264 g/mol. The van der Waals surface area contributed by atoms with Gasteiger partial charge in [-0.05, 0) is 26.2 Å². The molecule has 0 aliphatic heterocycles. The highest BCUT2D eigenvalue weighted by Gasteiger charge is 2.12. The van der Waals surface area contributed by atoms with E-state index in [1.165, 1.54) is 0 Å². The average Bonchev–Trinajstić information content (AvgIpc) is 2.85. The normalized spacial score (nSPS) is 11.2. The third-order valence-corrected chi connectivity index (χ3v) is 3.06. The van der Waals surface area contributed by atoms with Crippen molar-refractivity contribution in [2.45, 2.75) is 6.54 Å². The van der Waals surface area contributed by atoms with Gasteiger partial charge in [0.2, 0.25) is 11.7 Å². The van der Waals surface area contributed by atoms with Gasteiger partial charge in [0.05, 0.1) is 11.6 Å². The molecule has 0 saturated carbocycles. The van der Waals surface area contributed by atoms with E-state index in [9.17, 15) is 0 Å². The second-order valence-electron chi connectivity index (χ2n) is 4.33. The summed E-state index contributed by atoms with van der Waals surface area (Å²) in [5.41, 5.74) is 0.789. The van der Waals surface area contributed by atoms with Crippen LogP contribution in [0.25, 0.3) is 11.4 Å². The van der Waals surface area contributed by atoms with Crippen molar-refractivity contribution in [2.75, 3.05) is 27.2 Å². The van der Waals surface area contributed by atoms with E-state index in [0.29, 0.717) is 23.3 Å². The van der Waals surface area contributed by atoms with E-state index in [1.54, 1.807) is 0 Å². The molecule has 0 bridgehead atoms. The van der Waals surface area contributed by atoms with Gasteiger partial charge >= 0.3 is 0 Å². The van der Waals surface area contributed by atoms with Crippen LogP contribution in [-0.4, -0.2) is 42.2 Å². The van der Waals surface area contributed by atoms with Gasteiger partial charge in [-0.3, -0.25) is 4.90 Å². The third kappa shape index (κ3) is 3.76. The Labute approximate surface area is 117 Å². The summed E-state index contributed by atoms with van der Waals surface area (Å²) in [6.45, 7) is 2.46. The van der Waals surface area contributed by atoms with E-state index >= 15 is 0 Å². The predicted molar refractivity (Wildman–Crippen MR) is 75.0 cm³/mol. The monoisotopic (exact) mass is 280 g/mol. The summed E-state index contributed by atoms with van der Waals surface area (Å²) < 4.78 is 5.24. The van der Waals surface area contributed by atoms with E-state index in [-0.39, 0.29) is 0 Å². The zero-order chi connectivity index (χ0) is 13.7. The molecule has 0 aliphatic rings. The maximum Gasteiger partial charge on any atom is 0.241 e. The minimum absolute atomic E-state index is 0.530. The number of hydrogen-bond acceptors (Lipinski definition) is 5. The van der Waals surface area contributed by atoms with Crippen LogP contribution in [0.5, 0.6) is 0 Å². The summed E-state index contributed by atoms with van der Waals surface area (Å²) in [5.74, 6) is 1.12. The van der Waals surface area contributed by atoms with Crippen molar-refractivity contribution in [1.29, 1.82) is 0 Å². The largest absolute Gasteiger partial charge is 0.338 e. The van der Waals surface area contributed by atoms with E-state index in [2.05, 4.69) is 20.4 Å². The zero-order valence-electron chi connectivity index (χ0n) is 11.1. The number of nitrogens with one attached hydrogen (secondary N) is 1. The van der Waals surface area contributed by atoms with Crippen LogP contribution in [0.2, 0.25) is 5.02 Å². The Kier molecular flexibility index (Phi) is 4.90. The number of halogens is 1. The van der Waals surface area contributed by atoms with Crippen LogP contribution >= 0.6 is 11.6 Å². The standard InChI is InChI=1S/C13H17ClN4O/c1-15-7-8-18(2)9-12-16-13(17-19-12)10-5-3-4-6-11(10)14/h3-6,15H,7-9H2,1-2H3. The maximum atomic E-state index is 6.10. The number of benzene rings is 1. The third-order valence-electron chi connectivity index (χ3n) is 2.73. The smallest absolute Gasteiger partial charge is 0.241 e. The lowest BCUT2D eigenvalue weighted by atomic mass is 10.2. The summed E-state index contributed by atoms with van der Waals surface area (Å²) in [5, 5.41) is 7.69. The van der Waals surface area contributed by atoms with Crippen LogP contribution < -0.4 is 5.32 Å². The molecule has 2 rings (SSSR count). The molecular formula is C13H17ClN4O. The van der Waals surface area contributed by atoms with Crippen molar-refractivity contribution in [3.63, 3.8) is 0 Å². The topological polar surface area (TPSA) is 54.2 Å². The summed E-state index contributed by atoms with van der Waals surface area (Å²) >= 11 is 6.10. The van der Waals surface area contributed by atoms with Crippen LogP contribution in [0.1, 0.15) is 5.89 Å². The maximum absolute atomic E-state index is 6.10. The number of hydrogen-bond donors (Lipinski definition) is 1. The summed E-state index contributed by atoms with van der Waals surface area (Å²) in [6, 6.07) is 7.46. The summed E-state index contributed by atoms with van der Waals surface area (Å²) in [7, 11) is 3.94. The minimum atomic E-state index is 0.530. The molecule has 6 heteroatoms. The molecule has 1 aromatic heterocycles. The molecule has 0 fully saturated rings. The Balaban J connectivity index is 2.05. The molecule has 1 aromatic carbocycles. The first kappa shape index (κ1) is 14.0. The molecule has 0 aliphatic carbocycles. The quantitative estimate of drug-likeness (QED) is 0.878. The fourth-order valence-electron chi connectivity index (χ4n) is 1.68. The lowest BCUT2D eigenvalue weighted by Crippen LogP contribution is -2.27. The van der Waals surface area contributed by atoms with Crippen molar-refractivity contribution in [1.82, 2.24) is 20.4 Å². The molecule has 0 amide bonds. The van der Waals surface area contributed by atoms with E-state index in [4.69, 9.17) is 16.1 Å². The molecule has 19 heavy (non-hydrogen) atoms. The summed E-state index contributed by atoms with van der Waals surface area (Å²) in [4.78, 5) is 6.48. The molecule has 102 valence electrons. The lowest BCUT2D eigenvalue weighted by molar-refractivity contribution is 0.268. The Bertz CT molecular complexity index is 529. The van der Waals surface area contributed by atoms with Gasteiger partial charge in [-0.2, -0.15) is 4.98 Å². The Hall–Kier alpha value is -1.43. The van der Waals surface area contributed by atoms with Gasteiger partial charge in [0.15, 0.2) is 0 Å². The van der Waals surface area contributed by atoms with Crippen LogP contribution in [-0.2, 0) is 6.54 Å². The Morgan fingerprint density at radius 2 is 2.16 bits per heavy atom. The molecule has 1 heterocycles. The fraction of sp³-hybridized carbons (Fsp3) is 0.385. The zero-order valence-corrected chi connectivity index (χ0v) is 11.8. The van der Waals surface area contributed by atoms with Crippen LogP contribution in [0.4, 0.5) is 0 Å². The van der Waals surface area contributed by atoms with Crippen molar-refractivity contribution >= 4 is 11.6 Å². The van der Waals surface area contributed by atoms with Gasteiger partial charge in [0.25, 0.3) is 0 Å². The Morgan fingerprint density at radius 3 is 2.89 bits per heavy atom. The van der Waals surface area contributed by atoms with Crippen LogP contribution in [0, 0.1) is 0 Å². The highest BCUT2D eigenvalue weighted by molar-refractivity contribution is 6.33. The van der Waals surface area contributed by atoms with Crippen LogP contribution in [0.3, 0.4) is 0 Å². The first-order valence-corrected chi connectivity index (χ1v) is 6.49. The van der Waals surface area contributed by atoms with Crippen LogP contribution in [0.15, 0.2) is 28.8 Å². The van der Waals surface area contributed by atoms with Crippen molar-refractivity contribution in [3.05, 3.63) is 35.2 Å². The first-order chi connectivity index (χ1) is 9.20. The van der Waals surface area contributed by atoms with Gasteiger partial charge in [0.1, 0.15) is 0 Å². The van der Waals surface area contributed by atoms with Crippen molar-refractivity contribution < 1.29 is 4.52 Å². The molecule has 5 nitrogen and oxygen atoms in total. The highest BCUT2D eigenvalue weighted by Crippen LogP contribution is 2.24. The van der Waals surface area contributed by atoms with Gasteiger partial charge < -0.3 is 9.84 Å². The minimum Gasteiger partial charge on any atom is -0.338 e. The molecule has 2 aromatic rings. The van der Waals surface area contributed by atoms with Gasteiger partial charge in [-0.1, -0.05) is 28.9 Å². The van der Waals surface area contributed by atoms with Crippen molar-refractivity contribution in [3.8, 4) is 11.4 Å². The molecule has 1 N–H and O–H groups in total. The van der Waals surface area contributed by atoms with Crippen molar-refractivity contribution in [2.24, 2.45) is 0 Å². The second-order valence-corrected chi connectivity index (χ2v) is 4.74. The van der Waals surface area contributed by atoms with E-state index in [1.807, 2.05) is 38.4 Å². The highest BCUT2D eigenvalue weighted by atomic mass is 35.5. The number of aromatic nitrogens is 2. The average molecular weight is 281 g/mol. The molecule has 0 radical (unpaired) electrons. The lowest BCUT2D eigenvalue weighted by Gasteiger charge is -2.12. The number of nitrogens with zero attached hydrogens (tertiary/aromatic N) is 3. The van der Waals surface area contributed by atoms with Gasteiger partial charge in [-0.25, -0.2) is 0 Å². The summed E-state index contributed by atoms with van der Waals surface area (Å²) in [6.07, 6.45) is 0. The van der Waals surface area contributed by atoms with E-state index in [0.717, 1.165) is 18.7 Å². The SMILES string of the molecule is CNCCN(C)Cc1nc(-c2ccccc2Cl)no1. The molecule has 0 atom stereocenters. The molecule has 0 saturated heterocycles. The Morgan fingerprint density at radius 1 is 1.37 bits per heavy atom. The number of rotatable bonds is 6. The fourth-order valence-corrected chi connectivity index (χ4v) is 1.90. The van der Waals surface area contributed by atoms with Gasteiger partial charge in [-0.15, -0.1) is 0 Å².